The summed E-state index contributed by atoms with van der Waals surface area (Å²) in [6.07, 6.45) is 6.41. The number of aryl methyl sites for hydroxylation is 2. The quantitative estimate of drug-likeness (QED) is 0.498. The van der Waals surface area contributed by atoms with Gasteiger partial charge in [0, 0.05) is 12.2 Å². The van der Waals surface area contributed by atoms with Crippen LogP contribution in [0.1, 0.15) is 22.7 Å². The first-order chi connectivity index (χ1) is 18.4. The molecule has 4 heterocycles. The normalized spacial score (nSPS) is 30.9. The molecule has 8 nitrogen and oxygen atoms in total. The van der Waals surface area contributed by atoms with Crippen LogP contribution in [0.3, 0.4) is 0 Å². The molecule has 2 saturated heterocycles. The van der Waals surface area contributed by atoms with Gasteiger partial charge < -0.3 is 24.4 Å². The van der Waals surface area contributed by atoms with Crippen LogP contribution >= 0.6 is 0 Å². The summed E-state index contributed by atoms with van der Waals surface area (Å²) in [5.74, 6) is -3.10. The number of nitrogens with zero attached hydrogens (tertiary/aromatic N) is 2. The van der Waals surface area contributed by atoms with Crippen molar-refractivity contribution in [3.63, 3.8) is 0 Å². The lowest BCUT2D eigenvalue weighted by Crippen LogP contribution is -2.56. The van der Waals surface area contributed by atoms with Crippen molar-refractivity contribution in [3.8, 4) is 0 Å². The van der Waals surface area contributed by atoms with Gasteiger partial charge in [-0.3, -0.25) is 14.4 Å². The number of carbonyl (C=O) groups excluding carboxylic acids is 3. The molecular formula is C30H30N2O6. The summed E-state index contributed by atoms with van der Waals surface area (Å²) in [6, 6.07) is 13.1. The van der Waals surface area contributed by atoms with E-state index in [0.717, 1.165) is 16.8 Å². The molecule has 1 N–H and O–H groups in total. The molecule has 2 amide bonds. The monoisotopic (exact) mass is 514 g/mol. The Morgan fingerprint density at radius 1 is 1.00 bits per heavy atom. The number of cyclic esters (lactones) is 1. The zero-order valence-electron chi connectivity index (χ0n) is 21.3. The standard InChI is InChI=1S/C30H30N2O6/c1-18-9-6-10-19(2)25(18)31-15-8-14-30-24(23-22(38-30)13-7-16-37-29(23)36)27(34)32(26(30)28(31)35)21(17-33)20-11-4-3-5-12-20/h3-14,21-24,26,33H,15-17H2,1-2H3/t21-,22+,23-,24+,26?,30+/m1/s1. The first-order valence-electron chi connectivity index (χ1n) is 12.9. The maximum absolute atomic E-state index is 14.6. The van der Waals surface area contributed by atoms with Crippen molar-refractivity contribution < 1.29 is 29.0 Å². The van der Waals surface area contributed by atoms with Crippen molar-refractivity contribution in [3.05, 3.63) is 89.5 Å². The van der Waals surface area contributed by atoms with Gasteiger partial charge in [-0.15, -0.1) is 0 Å². The van der Waals surface area contributed by atoms with Crippen molar-refractivity contribution in [1.29, 1.82) is 0 Å². The number of hydrogen-bond acceptors (Lipinski definition) is 6. The van der Waals surface area contributed by atoms with E-state index < -0.39 is 54.1 Å². The number of rotatable bonds is 4. The van der Waals surface area contributed by atoms with Gasteiger partial charge >= 0.3 is 5.97 Å². The Kier molecular flexibility index (Phi) is 5.96. The second-order valence-corrected chi connectivity index (χ2v) is 10.3. The SMILES string of the molecule is Cc1cccc(C)c1N1CC=C[C@]23O[C@H]4C=CCOC(=O)[C@H]4[C@H]2C(=O)N([C@H](CO)c2ccccc2)C3C1=O. The van der Waals surface area contributed by atoms with E-state index in [1.807, 2.05) is 68.5 Å². The zero-order valence-corrected chi connectivity index (χ0v) is 21.3. The Morgan fingerprint density at radius 2 is 1.74 bits per heavy atom. The Morgan fingerprint density at radius 3 is 2.45 bits per heavy atom. The van der Waals surface area contributed by atoms with Crippen LogP contribution in [0, 0.1) is 25.7 Å². The van der Waals surface area contributed by atoms with Gasteiger partial charge in [0.1, 0.15) is 24.2 Å². The van der Waals surface area contributed by atoms with Crippen molar-refractivity contribution in [2.45, 2.75) is 37.6 Å². The van der Waals surface area contributed by atoms with Gasteiger partial charge in [0.25, 0.3) is 5.91 Å². The smallest absolute Gasteiger partial charge is 0.313 e. The third kappa shape index (κ3) is 3.47. The summed E-state index contributed by atoms with van der Waals surface area (Å²) in [5.41, 5.74) is 1.94. The molecule has 4 aliphatic rings. The number of amides is 2. The third-order valence-electron chi connectivity index (χ3n) is 8.25. The number of aliphatic hydroxyl groups is 1. The molecule has 4 aliphatic heterocycles. The highest BCUT2D eigenvalue weighted by Crippen LogP contribution is 2.55. The molecule has 38 heavy (non-hydrogen) atoms. The fourth-order valence-corrected chi connectivity index (χ4v) is 6.71. The van der Waals surface area contributed by atoms with E-state index in [9.17, 15) is 19.5 Å². The highest BCUT2D eigenvalue weighted by molar-refractivity contribution is 6.06. The number of likely N-dealkylation sites (tertiary alicyclic amines) is 1. The lowest BCUT2D eigenvalue weighted by Gasteiger charge is -2.39. The van der Waals surface area contributed by atoms with Gasteiger partial charge in [0.15, 0.2) is 0 Å². The van der Waals surface area contributed by atoms with E-state index in [1.54, 1.807) is 23.1 Å². The van der Waals surface area contributed by atoms with E-state index in [2.05, 4.69) is 0 Å². The molecule has 2 aromatic carbocycles. The molecule has 6 atom stereocenters. The van der Waals surface area contributed by atoms with Crippen LogP contribution in [0.15, 0.2) is 72.8 Å². The second kappa shape index (κ2) is 9.22. The minimum Gasteiger partial charge on any atom is -0.461 e. The Hall–Kier alpha value is -3.75. The predicted molar refractivity (Wildman–Crippen MR) is 139 cm³/mol. The van der Waals surface area contributed by atoms with E-state index in [4.69, 9.17) is 9.47 Å². The molecule has 0 bridgehead atoms. The van der Waals surface area contributed by atoms with Gasteiger partial charge in [-0.2, -0.15) is 0 Å². The maximum Gasteiger partial charge on any atom is 0.313 e. The molecule has 0 aliphatic carbocycles. The Labute approximate surface area is 221 Å². The molecule has 1 unspecified atom stereocenters. The van der Waals surface area contributed by atoms with Crippen LogP contribution in [-0.4, -0.2) is 65.3 Å². The lowest BCUT2D eigenvalue weighted by molar-refractivity contribution is -0.153. The minimum absolute atomic E-state index is 0.106. The predicted octanol–water partition coefficient (Wildman–Crippen LogP) is 2.63. The van der Waals surface area contributed by atoms with Gasteiger partial charge in [-0.25, -0.2) is 0 Å². The Bertz CT molecular complexity index is 1330. The first-order valence-corrected chi connectivity index (χ1v) is 12.9. The van der Waals surface area contributed by atoms with Crippen LogP contribution < -0.4 is 4.90 Å². The average molecular weight is 515 g/mol. The van der Waals surface area contributed by atoms with E-state index in [0.29, 0.717) is 5.56 Å². The number of anilines is 1. The molecule has 196 valence electrons. The van der Waals surface area contributed by atoms with Crippen LogP contribution in [0.4, 0.5) is 5.69 Å². The maximum atomic E-state index is 14.6. The zero-order chi connectivity index (χ0) is 26.6. The van der Waals surface area contributed by atoms with Gasteiger partial charge in [0.05, 0.1) is 24.7 Å². The van der Waals surface area contributed by atoms with Crippen LogP contribution in [-0.2, 0) is 23.9 Å². The summed E-state index contributed by atoms with van der Waals surface area (Å²) < 4.78 is 12.0. The molecular weight excluding hydrogens is 484 g/mol. The van der Waals surface area contributed by atoms with Crippen LogP contribution in [0.5, 0.6) is 0 Å². The van der Waals surface area contributed by atoms with Crippen molar-refractivity contribution in [1.82, 2.24) is 4.90 Å². The van der Waals surface area contributed by atoms with Crippen molar-refractivity contribution >= 4 is 23.5 Å². The molecule has 0 radical (unpaired) electrons. The number of ether oxygens (including phenoxy) is 2. The molecule has 6 rings (SSSR count). The van der Waals surface area contributed by atoms with Crippen molar-refractivity contribution in [2.75, 3.05) is 24.7 Å². The molecule has 2 aromatic rings. The van der Waals surface area contributed by atoms with E-state index in [1.165, 1.54) is 4.90 Å². The topological polar surface area (TPSA) is 96.4 Å². The first kappa shape index (κ1) is 24.6. The summed E-state index contributed by atoms with van der Waals surface area (Å²) in [6.45, 7) is 3.89. The fraction of sp³-hybridized carbons (Fsp3) is 0.367. The lowest BCUT2D eigenvalue weighted by atomic mass is 9.78. The number of para-hydroxylation sites is 1. The fourth-order valence-electron chi connectivity index (χ4n) is 6.71. The third-order valence-corrected chi connectivity index (χ3v) is 8.25. The highest BCUT2D eigenvalue weighted by Gasteiger charge is 2.72. The van der Waals surface area contributed by atoms with E-state index in [-0.39, 0.29) is 19.1 Å². The summed E-state index contributed by atoms with van der Waals surface area (Å²) in [4.78, 5) is 45.3. The number of esters is 1. The van der Waals surface area contributed by atoms with Gasteiger partial charge in [-0.1, -0.05) is 66.8 Å². The minimum atomic E-state index is -1.39. The molecule has 1 spiro atoms. The number of hydrogen-bond donors (Lipinski definition) is 1. The average Bonchev–Trinajstić information content (AvgIpc) is 3.21. The number of carbonyl (C=O) groups is 3. The van der Waals surface area contributed by atoms with Crippen LogP contribution in [0.2, 0.25) is 0 Å². The molecule has 2 fully saturated rings. The van der Waals surface area contributed by atoms with E-state index >= 15 is 0 Å². The van der Waals surface area contributed by atoms with Gasteiger partial charge in [-0.05, 0) is 36.6 Å². The molecule has 0 aromatic heterocycles. The second-order valence-electron chi connectivity index (χ2n) is 10.3. The van der Waals surface area contributed by atoms with Crippen LogP contribution in [0.25, 0.3) is 0 Å². The molecule has 0 saturated carbocycles. The molecule has 8 heteroatoms. The number of aliphatic hydroxyl groups excluding tert-OH is 1. The summed E-state index contributed by atoms with van der Waals surface area (Å²) in [5, 5.41) is 10.6. The summed E-state index contributed by atoms with van der Waals surface area (Å²) in [7, 11) is 0. The van der Waals surface area contributed by atoms with Gasteiger partial charge in [0.2, 0.25) is 5.91 Å². The number of fused-ring (bicyclic) bond motifs is 2. The largest absolute Gasteiger partial charge is 0.461 e. The number of benzene rings is 2. The summed E-state index contributed by atoms with van der Waals surface area (Å²) >= 11 is 0. The van der Waals surface area contributed by atoms with Crippen molar-refractivity contribution in [2.24, 2.45) is 11.8 Å². The highest BCUT2D eigenvalue weighted by atomic mass is 16.6. The Balaban J connectivity index is 1.54.